The lowest BCUT2D eigenvalue weighted by molar-refractivity contribution is -0.121. The van der Waals surface area contributed by atoms with E-state index in [1.807, 2.05) is 53.7 Å². The summed E-state index contributed by atoms with van der Waals surface area (Å²) in [4.78, 5) is 25.5. The fourth-order valence-electron chi connectivity index (χ4n) is 5.07. The minimum absolute atomic E-state index is 0.0780. The van der Waals surface area contributed by atoms with Crippen LogP contribution in [0.1, 0.15) is 128 Å². The van der Waals surface area contributed by atoms with E-state index in [1.165, 1.54) is 12.2 Å². The molecule has 2 N–H and O–H groups in total. The molecule has 4 nitrogen and oxygen atoms in total. The Kier molecular flexibility index (Phi) is 10.4. The van der Waals surface area contributed by atoms with Gasteiger partial charge in [0.1, 0.15) is 5.75 Å². The van der Waals surface area contributed by atoms with Crippen LogP contribution in [0.4, 0.5) is 0 Å². The van der Waals surface area contributed by atoms with Gasteiger partial charge in [0.05, 0.1) is 6.42 Å². The average Bonchev–Trinajstić information content (AvgIpc) is 2.79. The Morgan fingerprint density at radius 2 is 0.927 bits per heavy atom. The van der Waals surface area contributed by atoms with Crippen LogP contribution in [0, 0.1) is 0 Å². The molecule has 224 valence electrons. The van der Waals surface area contributed by atoms with E-state index in [9.17, 15) is 19.8 Å². The average molecular weight is 561 g/mol. The largest absolute Gasteiger partial charge is 0.507 e. The van der Waals surface area contributed by atoms with Crippen molar-refractivity contribution < 1.29 is 19.8 Å². The van der Waals surface area contributed by atoms with Gasteiger partial charge in [0.15, 0.2) is 11.6 Å². The Bertz CT molecular complexity index is 1260. The zero-order valence-corrected chi connectivity index (χ0v) is 27.5. The molecule has 0 atom stereocenters. The maximum Gasteiger partial charge on any atom is 0.163 e. The van der Waals surface area contributed by atoms with E-state index in [4.69, 9.17) is 0 Å². The number of rotatable bonds is 8. The van der Waals surface area contributed by atoms with Gasteiger partial charge in [-0.2, -0.15) is 0 Å². The molecule has 0 aliphatic carbocycles. The highest BCUT2D eigenvalue weighted by Gasteiger charge is 2.27. The predicted octanol–water partition coefficient (Wildman–Crippen LogP) is 8.37. The van der Waals surface area contributed by atoms with Crippen molar-refractivity contribution in [3.8, 4) is 5.75 Å². The molecule has 0 radical (unpaired) electrons. The normalized spacial score (nSPS) is 13.4. The van der Waals surface area contributed by atoms with Crippen LogP contribution in [-0.2, 0) is 37.7 Å². The minimum Gasteiger partial charge on any atom is -0.507 e. The number of aliphatic hydroxyl groups is 1. The molecule has 0 aliphatic rings. The van der Waals surface area contributed by atoms with Crippen molar-refractivity contribution in [3.63, 3.8) is 0 Å². The summed E-state index contributed by atoms with van der Waals surface area (Å²) >= 11 is 0. The lowest BCUT2D eigenvalue weighted by Crippen LogP contribution is -2.22. The van der Waals surface area contributed by atoms with Gasteiger partial charge in [-0.15, -0.1) is 0 Å². The van der Waals surface area contributed by atoms with Gasteiger partial charge in [-0.25, -0.2) is 0 Å². The molecule has 4 heteroatoms. The van der Waals surface area contributed by atoms with Crippen molar-refractivity contribution in [1.82, 2.24) is 0 Å². The predicted molar refractivity (Wildman–Crippen MR) is 173 cm³/mol. The highest BCUT2D eigenvalue weighted by atomic mass is 16.3. The van der Waals surface area contributed by atoms with Gasteiger partial charge < -0.3 is 10.2 Å². The van der Waals surface area contributed by atoms with E-state index in [0.29, 0.717) is 12.2 Å². The fourth-order valence-corrected chi connectivity index (χ4v) is 5.07. The van der Waals surface area contributed by atoms with Gasteiger partial charge in [0, 0.05) is 17.7 Å². The number of hydrogen-bond acceptors (Lipinski definition) is 4. The van der Waals surface area contributed by atoms with Crippen LogP contribution >= 0.6 is 0 Å². The second-order valence-electron chi connectivity index (χ2n) is 15.3. The van der Waals surface area contributed by atoms with Crippen LogP contribution in [0.15, 0.2) is 36.4 Å². The number of hydrogen-bond donors (Lipinski definition) is 2. The molecular formula is C37H52O4. The van der Waals surface area contributed by atoms with Crippen molar-refractivity contribution in [2.75, 3.05) is 6.61 Å². The number of benzene rings is 2. The Morgan fingerprint density at radius 3 is 1.22 bits per heavy atom. The van der Waals surface area contributed by atoms with E-state index in [2.05, 4.69) is 53.7 Å². The van der Waals surface area contributed by atoms with Crippen LogP contribution in [0.25, 0.3) is 12.2 Å². The maximum atomic E-state index is 12.8. The Morgan fingerprint density at radius 1 is 0.610 bits per heavy atom. The molecule has 0 spiro atoms. The standard InChI is InChI=1S/C37H52O4/c1-34(2,3)29-19-24(20-30(35(4,5)6)28(29)17-18-38)13-15-26(39)23-27(40)16-14-25-21-31(36(7,8)9)33(41)32(22-25)37(10,11)12/h13-16,19-22,38,41H,17-18,23H2,1-12H3/b15-13+,16-14+. The van der Waals surface area contributed by atoms with E-state index >= 15 is 0 Å². The number of ketones is 2. The third-order valence-electron chi connectivity index (χ3n) is 7.27. The van der Waals surface area contributed by atoms with Gasteiger partial charge in [-0.1, -0.05) is 107 Å². The van der Waals surface area contributed by atoms with Gasteiger partial charge >= 0.3 is 0 Å². The topological polar surface area (TPSA) is 74.6 Å². The smallest absolute Gasteiger partial charge is 0.163 e. The molecule has 0 aliphatic heterocycles. The zero-order valence-electron chi connectivity index (χ0n) is 27.5. The summed E-state index contributed by atoms with van der Waals surface area (Å²) in [6, 6.07) is 8.01. The molecule has 0 fully saturated rings. The summed E-state index contributed by atoms with van der Waals surface area (Å²) in [5.41, 5.74) is 6.05. The summed E-state index contributed by atoms with van der Waals surface area (Å²) in [5, 5.41) is 20.7. The van der Waals surface area contributed by atoms with Crippen LogP contribution in [0.5, 0.6) is 5.75 Å². The molecule has 2 rings (SSSR count). The monoisotopic (exact) mass is 560 g/mol. The number of allylic oxidation sites excluding steroid dienone is 2. The first-order chi connectivity index (χ1) is 18.6. The van der Waals surface area contributed by atoms with Crippen molar-refractivity contribution in [2.24, 2.45) is 0 Å². The second kappa shape index (κ2) is 12.5. The van der Waals surface area contributed by atoms with E-state index in [-0.39, 0.29) is 46.3 Å². The van der Waals surface area contributed by atoms with Crippen molar-refractivity contribution in [2.45, 2.75) is 118 Å². The van der Waals surface area contributed by atoms with Crippen LogP contribution in [0.3, 0.4) is 0 Å². The lowest BCUT2D eigenvalue weighted by Gasteiger charge is -2.31. The molecule has 2 aromatic rings. The third kappa shape index (κ3) is 9.26. The number of carbonyl (C=O) groups excluding carboxylic acids is 2. The first-order valence-corrected chi connectivity index (χ1v) is 14.6. The maximum absolute atomic E-state index is 12.8. The number of carbonyl (C=O) groups is 2. The number of aliphatic hydroxyl groups excluding tert-OH is 1. The van der Waals surface area contributed by atoms with Gasteiger partial charge in [0.25, 0.3) is 0 Å². The number of phenols is 1. The molecule has 0 saturated heterocycles. The van der Waals surface area contributed by atoms with Crippen LogP contribution < -0.4 is 0 Å². The van der Waals surface area contributed by atoms with Gasteiger partial charge in [-0.3, -0.25) is 9.59 Å². The zero-order chi connectivity index (χ0) is 31.6. The van der Waals surface area contributed by atoms with Gasteiger partial charge in [-0.05, 0) is 80.2 Å². The summed E-state index contributed by atoms with van der Waals surface area (Å²) in [7, 11) is 0. The van der Waals surface area contributed by atoms with E-state index < -0.39 is 0 Å². The quantitative estimate of drug-likeness (QED) is 0.251. The van der Waals surface area contributed by atoms with Crippen LogP contribution in [0.2, 0.25) is 0 Å². The first kappa shape index (κ1) is 34.2. The fraction of sp³-hybridized carbons (Fsp3) is 0.514. The SMILES string of the molecule is CC(C)(C)c1cc(/C=C/C(=O)CC(=O)/C=C/c2cc(C(C)(C)C)c(CCO)c(C(C)(C)C)c2)cc(C(C)(C)C)c1O. The summed E-state index contributed by atoms with van der Waals surface area (Å²) in [5.74, 6) is -0.237. The molecule has 0 amide bonds. The number of aromatic hydroxyl groups is 1. The molecule has 0 aromatic heterocycles. The number of phenolic OH excluding ortho intramolecular Hbond substituents is 1. The highest BCUT2D eigenvalue weighted by molar-refractivity contribution is 6.10. The van der Waals surface area contributed by atoms with Crippen molar-refractivity contribution >= 4 is 23.7 Å². The van der Waals surface area contributed by atoms with Crippen molar-refractivity contribution in [1.29, 1.82) is 0 Å². The second-order valence-corrected chi connectivity index (χ2v) is 15.3. The molecule has 0 unspecified atom stereocenters. The third-order valence-corrected chi connectivity index (χ3v) is 7.27. The molecule has 0 heterocycles. The Hall–Kier alpha value is -2.98. The Balaban J connectivity index is 2.33. The first-order valence-electron chi connectivity index (χ1n) is 14.6. The minimum atomic E-state index is -0.272. The Labute approximate surface area is 248 Å². The lowest BCUT2D eigenvalue weighted by atomic mass is 9.74. The molecular weight excluding hydrogens is 508 g/mol. The van der Waals surface area contributed by atoms with E-state index in [1.54, 1.807) is 12.2 Å². The van der Waals surface area contributed by atoms with Crippen molar-refractivity contribution in [3.05, 3.63) is 75.4 Å². The summed E-state index contributed by atoms with van der Waals surface area (Å²) in [6.45, 7) is 25.3. The molecule has 2 aromatic carbocycles. The molecule has 0 bridgehead atoms. The van der Waals surface area contributed by atoms with Gasteiger partial charge in [0.2, 0.25) is 0 Å². The molecule has 41 heavy (non-hydrogen) atoms. The summed E-state index contributed by atoms with van der Waals surface area (Å²) < 4.78 is 0. The van der Waals surface area contributed by atoms with Crippen LogP contribution in [-0.4, -0.2) is 28.4 Å². The van der Waals surface area contributed by atoms with E-state index in [0.717, 1.165) is 38.9 Å². The highest BCUT2D eigenvalue weighted by Crippen LogP contribution is 2.40. The summed E-state index contributed by atoms with van der Waals surface area (Å²) in [6.07, 6.45) is 6.83. The molecule has 0 saturated carbocycles.